The van der Waals surface area contributed by atoms with E-state index in [4.69, 9.17) is 9.47 Å². The molecule has 4 N–H and O–H groups in total. The van der Waals surface area contributed by atoms with E-state index in [2.05, 4.69) is 5.32 Å². The number of amides is 2. The molecule has 2 amide bonds. The van der Waals surface area contributed by atoms with Crippen molar-refractivity contribution in [3.63, 3.8) is 0 Å². The quantitative estimate of drug-likeness (QED) is 0.118. The maximum atomic E-state index is 13.7. The summed E-state index contributed by atoms with van der Waals surface area (Å²) in [4.78, 5) is 39.6. The second-order valence-electron chi connectivity index (χ2n) is 13.0. The van der Waals surface area contributed by atoms with E-state index in [-0.39, 0.29) is 37.5 Å². The highest BCUT2D eigenvalue weighted by Crippen LogP contribution is 2.46. The molecule has 2 fully saturated rings. The highest BCUT2D eigenvalue weighted by atomic mass is 19.1. The van der Waals surface area contributed by atoms with Crippen LogP contribution in [0.1, 0.15) is 59.7 Å². The third-order valence-electron chi connectivity index (χ3n) is 9.53. The van der Waals surface area contributed by atoms with Crippen LogP contribution in [0.4, 0.5) is 14.5 Å². The average molecular weight is 701 g/mol. The number of carboxylic acid groups (broad SMARTS) is 1. The molecule has 2 aliphatic heterocycles. The number of aliphatic hydroxyl groups excluding tert-OH is 1. The molecule has 0 bridgehead atoms. The van der Waals surface area contributed by atoms with E-state index in [0.717, 1.165) is 11.1 Å². The molecule has 6 rings (SSSR count). The van der Waals surface area contributed by atoms with Gasteiger partial charge in [-0.05, 0) is 96.5 Å². The molecule has 0 spiro atoms. The Morgan fingerprint density at radius 2 is 1.51 bits per heavy atom. The Kier molecular flexibility index (Phi) is 10.8. The van der Waals surface area contributed by atoms with Gasteiger partial charge in [-0.3, -0.25) is 9.59 Å². The van der Waals surface area contributed by atoms with Gasteiger partial charge in [0.25, 0.3) is 0 Å². The van der Waals surface area contributed by atoms with Crippen LogP contribution in [-0.2, 0) is 30.3 Å². The monoisotopic (exact) mass is 700 g/mol. The second kappa shape index (κ2) is 15.4. The Bertz CT molecular complexity index is 1830. The van der Waals surface area contributed by atoms with Gasteiger partial charge >= 0.3 is 5.97 Å². The van der Waals surface area contributed by atoms with Gasteiger partial charge in [0.2, 0.25) is 11.8 Å². The van der Waals surface area contributed by atoms with Crippen LogP contribution in [0.25, 0.3) is 0 Å². The normalized spacial score (nSPS) is 19.0. The van der Waals surface area contributed by atoms with Gasteiger partial charge in [0.05, 0.1) is 31.3 Å². The predicted molar refractivity (Wildman–Crippen MR) is 182 cm³/mol. The molecule has 2 saturated heterocycles. The van der Waals surface area contributed by atoms with Gasteiger partial charge in [0, 0.05) is 5.69 Å². The van der Waals surface area contributed by atoms with E-state index in [9.17, 15) is 38.5 Å². The van der Waals surface area contributed by atoms with Crippen molar-refractivity contribution in [1.82, 2.24) is 5.32 Å². The van der Waals surface area contributed by atoms with Crippen molar-refractivity contribution >= 4 is 23.5 Å². The summed E-state index contributed by atoms with van der Waals surface area (Å²) in [6, 6.07) is 23.0. The number of ether oxygens (including phenoxy) is 2. The third kappa shape index (κ3) is 8.25. The van der Waals surface area contributed by atoms with Crippen molar-refractivity contribution in [3.05, 3.63) is 131 Å². The fraction of sp³-hybridized carbons (Fsp3) is 0.308. The van der Waals surface area contributed by atoms with Crippen LogP contribution >= 0.6 is 0 Å². The molecule has 4 aromatic carbocycles. The zero-order valence-electron chi connectivity index (χ0n) is 27.6. The lowest BCUT2D eigenvalue weighted by molar-refractivity contribution is -0.212. The molecular formula is C39H38F2N2O8. The van der Waals surface area contributed by atoms with E-state index in [1.54, 1.807) is 17.0 Å². The van der Waals surface area contributed by atoms with E-state index < -0.39 is 47.2 Å². The number of hydrogen-bond acceptors (Lipinski definition) is 7. The summed E-state index contributed by atoms with van der Waals surface area (Å²) in [6.45, 7) is 0.193. The molecule has 4 atom stereocenters. The number of aryl methyl sites for hydroxylation is 1. The number of aromatic hydroxyl groups is 1. The third-order valence-corrected chi connectivity index (χ3v) is 9.53. The van der Waals surface area contributed by atoms with E-state index >= 15 is 0 Å². The Labute approximate surface area is 293 Å². The minimum Gasteiger partial charge on any atom is -0.508 e. The van der Waals surface area contributed by atoms with Crippen molar-refractivity contribution in [2.24, 2.45) is 5.92 Å². The summed E-state index contributed by atoms with van der Waals surface area (Å²) >= 11 is 0. The van der Waals surface area contributed by atoms with Crippen molar-refractivity contribution in [3.8, 4) is 5.75 Å². The van der Waals surface area contributed by atoms with Gasteiger partial charge < -0.3 is 35.0 Å². The number of carbonyl (C=O) groups is 3. The number of phenols is 1. The summed E-state index contributed by atoms with van der Waals surface area (Å²) in [5.41, 5.74) is 2.58. The minimum atomic E-state index is -1.31. The van der Waals surface area contributed by atoms with Gasteiger partial charge in [-0.1, -0.05) is 48.5 Å². The maximum Gasteiger partial charge on any atom is 0.330 e. The fourth-order valence-corrected chi connectivity index (χ4v) is 6.55. The zero-order valence-corrected chi connectivity index (χ0v) is 27.6. The molecule has 0 aliphatic carbocycles. The first-order valence-corrected chi connectivity index (χ1v) is 16.7. The molecule has 2 heterocycles. The lowest BCUT2D eigenvalue weighted by Gasteiger charge is -2.48. The molecule has 12 heteroatoms. The number of β-lactam (4-membered cyclic amide) rings is 1. The van der Waals surface area contributed by atoms with Crippen LogP contribution in [0.15, 0.2) is 97.1 Å². The number of carboxylic acids is 1. The topological polar surface area (TPSA) is 146 Å². The van der Waals surface area contributed by atoms with Crippen LogP contribution in [0, 0.1) is 17.6 Å². The van der Waals surface area contributed by atoms with Crippen LogP contribution in [0.5, 0.6) is 5.75 Å². The molecule has 0 saturated carbocycles. The predicted octanol–water partition coefficient (Wildman–Crippen LogP) is 5.55. The molecular weight excluding hydrogens is 662 g/mol. The number of nitrogens with zero attached hydrogens (tertiary/aromatic N) is 1. The smallest absolute Gasteiger partial charge is 0.330 e. The number of carbonyl (C=O) groups excluding carboxylic acids is 2. The van der Waals surface area contributed by atoms with Gasteiger partial charge in [-0.25, -0.2) is 13.6 Å². The molecule has 51 heavy (non-hydrogen) atoms. The minimum absolute atomic E-state index is 0.0239. The lowest BCUT2D eigenvalue weighted by Crippen LogP contribution is -2.55. The number of aliphatic hydroxyl groups is 1. The largest absolute Gasteiger partial charge is 0.508 e. The number of hydrogen-bond donors (Lipinski definition) is 4. The van der Waals surface area contributed by atoms with Gasteiger partial charge in [-0.15, -0.1) is 0 Å². The number of phenolic OH excluding ortho intramolecular Hbond substituents is 1. The Balaban J connectivity index is 1.08. The molecule has 1 unspecified atom stereocenters. The van der Waals surface area contributed by atoms with Gasteiger partial charge in [0.1, 0.15) is 29.6 Å². The van der Waals surface area contributed by atoms with E-state index in [1.165, 1.54) is 60.7 Å². The molecule has 0 aromatic heterocycles. The second-order valence-corrected chi connectivity index (χ2v) is 13.0. The van der Waals surface area contributed by atoms with Gasteiger partial charge in [0.15, 0.2) is 6.04 Å². The van der Waals surface area contributed by atoms with Gasteiger partial charge in [-0.2, -0.15) is 0 Å². The number of aliphatic carboxylic acids is 1. The summed E-state index contributed by atoms with van der Waals surface area (Å²) in [5.74, 6) is -3.25. The molecule has 4 aromatic rings. The lowest BCUT2D eigenvalue weighted by atomic mass is 9.78. The van der Waals surface area contributed by atoms with Crippen LogP contribution in [0.3, 0.4) is 0 Å². The summed E-state index contributed by atoms with van der Waals surface area (Å²) in [6.07, 6.45) is 0.943. The highest BCUT2D eigenvalue weighted by Gasteiger charge is 2.48. The summed E-state index contributed by atoms with van der Waals surface area (Å²) < 4.78 is 38.5. The zero-order chi connectivity index (χ0) is 36.1. The first-order valence-electron chi connectivity index (χ1n) is 16.7. The number of halogens is 2. The Hall–Kier alpha value is -5.17. The molecule has 10 nitrogen and oxygen atoms in total. The Morgan fingerprint density at radius 1 is 0.902 bits per heavy atom. The summed E-state index contributed by atoms with van der Waals surface area (Å²) in [5, 5.41) is 32.3. The first kappa shape index (κ1) is 35.6. The number of rotatable bonds is 15. The van der Waals surface area contributed by atoms with Crippen molar-refractivity contribution in [2.45, 2.75) is 49.5 Å². The average Bonchev–Trinajstić information content (AvgIpc) is 3.10. The highest BCUT2D eigenvalue weighted by molar-refractivity contribution is 6.03. The standard InChI is InChI=1S/C39H38F2N2O8/c40-28-9-5-25(6-10-28)33(45)18-17-32-36(43(37(32)47)30-13-11-29(41)12-14-30)27-3-1-24(2-4-27)19-20-39(22-50-23-39)51-21-34(46)42-35(38(48)49)26-7-15-31(44)16-8-26/h1-16,32-33,35-36,44-45H,17-23H2,(H,42,46)(H,48,49)/t32-,33?,35-,36-/m1/s1. The number of anilines is 1. The van der Waals surface area contributed by atoms with E-state index in [0.29, 0.717) is 42.5 Å². The van der Waals surface area contributed by atoms with Crippen LogP contribution < -0.4 is 10.2 Å². The van der Waals surface area contributed by atoms with Crippen LogP contribution in [0.2, 0.25) is 0 Å². The van der Waals surface area contributed by atoms with Crippen molar-refractivity contribution in [2.75, 3.05) is 24.7 Å². The van der Waals surface area contributed by atoms with Crippen molar-refractivity contribution in [1.29, 1.82) is 0 Å². The number of nitrogens with one attached hydrogen (secondary N) is 1. The van der Waals surface area contributed by atoms with Crippen LogP contribution in [-0.4, -0.2) is 58.5 Å². The number of benzene rings is 4. The summed E-state index contributed by atoms with van der Waals surface area (Å²) in [7, 11) is 0. The SMILES string of the molecule is O=C(COC1(CCc2ccc([C@@H]3[C@@H](CCC(O)c4ccc(F)cc4)C(=O)N3c3ccc(F)cc3)cc2)COC1)N[C@@H](C(=O)O)c1ccc(O)cc1. The molecule has 0 radical (unpaired) electrons. The Morgan fingerprint density at radius 3 is 2.10 bits per heavy atom. The molecule has 2 aliphatic rings. The fourth-order valence-electron chi connectivity index (χ4n) is 6.55. The molecule has 266 valence electrons. The first-order chi connectivity index (χ1) is 24.5. The maximum absolute atomic E-state index is 13.7. The van der Waals surface area contributed by atoms with Crippen molar-refractivity contribution < 1.29 is 48.0 Å². The van der Waals surface area contributed by atoms with E-state index in [1.807, 2.05) is 24.3 Å².